The zero-order valence-electron chi connectivity index (χ0n) is 15.0. The van der Waals surface area contributed by atoms with Gasteiger partial charge in [-0.25, -0.2) is 0 Å². The zero-order chi connectivity index (χ0) is 18.5. The molecule has 3 aromatic rings. The van der Waals surface area contributed by atoms with Crippen molar-refractivity contribution in [2.45, 2.75) is 20.3 Å². The Hall–Kier alpha value is -2.33. The number of amides is 1. The predicted molar refractivity (Wildman–Crippen MR) is 111 cm³/mol. The molecule has 0 aliphatic carbocycles. The SMILES string of the molecule is CC(C)CCOc1ccc(Br)cc1C(=O)Nc1cccc2ccccc12. The summed E-state index contributed by atoms with van der Waals surface area (Å²) < 4.78 is 6.71. The first-order valence-electron chi connectivity index (χ1n) is 8.76. The number of anilines is 1. The van der Waals surface area contributed by atoms with Crippen LogP contribution in [0.1, 0.15) is 30.6 Å². The molecule has 26 heavy (non-hydrogen) atoms. The van der Waals surface area contributed by atoms with Gasteiger partial charge in [0.15, 0.2) is 0 Å². The molecule has 1 amide bonds. The Bertz CT molecular complexity index is 916. The second kappa shape index (κ2) is 8.37. The van der Waals surface area contributed by atoms with E-state index in [2.05, 4.69) is 35.1 Å². The molecule has 3 rings (SSSR count). The fraction of sp³-hybridized carbons (Fsp3) is 0.227. The molecule has 0 unspecified atom stereocenters. The molecule has 134 valence electrons. The number of rotatable bonds is 6. The monoisotopic (exact) mass is 411 g/mol. The Morgan fingerprint density at radius 1 is 1.08 bits per heavy atom. The number of benzene rings is 3. The maximum Gasteiger partial charge on any atom is 0.259 e. The average molecular weight is 412 g/mol. The van der Waals surface area contributed by atoms with Crippen molar-refractivity contribution in [3.63, 3.8) is 0 Å². The van der Waals surface area contributed by atoms with Gasteiger partial charge in [-0.1, -0.05) is 66.2 Å². The van der Waals surface area contributed by atoms with Crippen molar-refractivity contribution in [3.8, 4) is 5.75 Å². The first kappa shape index (κ1) is 18.5. The maximum atomic E-state index is 12.9. The number of hydrogen-bond donors (Lipinski definition) is 1. The highest BCUT2D eigenvalue weighted by molar-refractivity contribution is 9.10. The number of halogens is 1. The number of ether oxygens (including phenoxy) is 1. The quantitative estimate of drug-likeness (QED) is 0.518. The summed E-state index contributed by atoms with van der Waals surface area (Å²) in [6.07, 6.45) is 0.945. The minimum Gasteiger partial charge on any atom is -0.493 e. The first-order valence-corrected chi connectivity index (χ1v) is 9.55. The van der Waals surface area contributed by atoms with Crippen molar-refractivity contribution in [1.82, 2.24) is 0 Å². The zero-order valence-corrected chi connectivity index (χ0v) is 16.5. The third kappa shape index (κ3) is 4.44. The summed E-state index contributed by atoms with van der Waals surface area (Å²) in [5.41, 5.74) is 1.32. The van der Waals surface area contributed by atoms with Crippen LogP contribution in [0.15, 0.2) is 65.1 Å². The van der Waals surface area contributed by atoms with Crippen LogP contribution >= 0.6 is 15.9 Å². The summed E-state index contributed by atoms with van der Waals surface area (Å²) in [6, 6.07) is 19.4. The summed E-state index contributed by atoms with van der Waals surface area (Å²) in [4.78, 5) is 12.9. The maximum absolute atomic E-state index is 12.9. The third-order valence-electron chi connectivity index (χ3n) is 4.18. The molecule has 0 radical (unpaired) electrons. The molecule has 0 atom stereocenters. The lowest BCUT2D eigenvalue weighted by molar-refractivity contribution is 0.102. The Labute approximate surface area is 162 Å². The number of fused-ring (bicyclic) bond motifs is 1. The van der Waals surface area contributed by atoms with E-state index in [1.807, 2.05) is 54.6 Å². The van der Waals surface area contributed by atoms with Crippen LogP contribution in [0.4, 0.5) is 5.69 Å². The van der Waals surface area contributed by atoms with Gasteiger partial charge in [0.2, 0.25) is 0 Å². The van der Waals surface area contributed by atoms with Gasteiger partial charge in [0.05, 0.1) is 12.2 Å². The molecule has 0 aromatic heterocycles. The van der Waals surface area contributed by atoms with Crippen LogP contribution in [0.2, 0.25) is 0 Å². The molecule has 0 aliphatic heterocycles. The Morgan fingerprint density at radius 2 is 1.85 bits per heavy atom. The topological polar surface area (TPSA) is 38.3 Å². The molecule has 4 heteroatoms. The Kier molecular flexibility index (Phi) is 5.94. The Balaban J connectivity index is 1.86. The van der Waals surface area contributed by atoms with Crippen LogP contribution in [-0.2, 0) is 0 Å². The summed E-state index contributed by atoms with van der Waals surface area (Å²) >= 11 is 3.45. The van der Waals surface area contributed by atoms with Crippen molar-refractivity contribution < 1.29 is 9.53 Å². The molecular weight excluding hydrogens is 390 g/mol. The lowest BCUT2D eigenvalue weighted by atomic mass is 10.1. The lowest BCUT2D eigenvalue weighted by Crippen LogP contribution is -2.14. The highest BCUT2D eigenvalue weighted by atomic mass is 79.9. The molecule has 3 nitrogen and oxygen atoms in total. The van der Waals surface area contributed by atoms with Crippen LogP contribution in [-0.4, -0.2) is 12.5 Å². The highest BCUT2D eigenvalue weighted by Gasteiger charge is 2.15. The molecule has 0 heterocycles. The second-order valence-corrected chi connectivity index (χ2v) is 7.57. The summed E-state index contributed by atoms with van der Waals surface area (Å²) in [5.74, 6) is 0.979. The summed E-state index contributed by atoms with van der Waals surface area (Å²) in [7, 11) is 0. The predicted octanol–water partition coefficient (Wildman–Crippen LogP) is 6.28. The van der Waals surface area contributed by atoms with E-state index in [1.54, 1.807) is 6.07 Å². The highest BCUT2D eigenvalue weighted by Crippen LogP contribution is 2.27. The minimum atomic E-state index is -0.179. The van der Waals surface area contributed by atoms with E-state index in [9.17, 15) is 4.79 Å². The largest absolute Gasteiger partial charge is 0.493 e. The normalized spacial score (nSPS) is 10.9. The van der Waals surface area contributed by atoms with Crippen LogP contribution in [0.25, 0.3) is 10.8 Å². The lowest BCUT2D eigenvalue weighted by Gasteiger charge is -2.14. The van der Waals surface area contributed by atoms with Gasteiger partial charge in [0.25, 0.3) is 5.91 Å². The van der Waals surface area contributed by atoms with Crippen molar-refractivity contribution in [2.75, 3.05) is 11.9 Å². The van der Waals surface area contributed by atoms with E-state index in [0.717, 1.165) is 27.4 Å². The van der Waals surface area contributed by atoms with Gasteiger partial charge in [-0.15, -0.1) is 0 Å². The molecule has 0 spiro atoms. The molecular formula is C22H22BrNO2. The molecule has 3 aromatic carbocycles. The molecule has 0 saturated carbocycles. The van der Waals surface area contributed by atoms with Crippen LogP contribution in [0.5, 0.6) is 5.75 Å². The fourth-order valence-electron chi connectivity index (χ4n) is 2.73. The number of nitrogens with one attached hydrogen (secondary N) is 1. The van der Waals surface area contributed by atoms with E-state index in [0.29, 0.717) is 23.8 Å². The van der Waals surface area contributed by atoms with Gasteiger partial charge in [0.1, 0.15) is 5.75 Å². The van der Waals surface area contributed by atoms with E-state index >= 15 is 0 Å². The molecule has 0 aliphatic rings. The third-order valence-corrected chi connectivity index (χ3v) is 4.67. The van der Waals surface area contributed by atoms with Crippen LogP contribution in [0, 0.1) is 5.92 Å². The summed E-state index contributed by atoms with van der Waals surface area (Å²) in [6.45, 7) is 4.89. The minimum absolute atomic E-state index is 0.179. The number of carbonyl (C=O) groups excluding carboxylic acids is 1. The average Bonchev–Trinajstić information content (AvgIpc) is 2.63. The summed E-state index contributed by atoms with van der Waals surface area (Å²) in [5, 5.41) is 5.13. The molecule has 0 fully saturated rings. The number of carbonyl (C=O) groups is 1. The number of hydrogen-bond acceptors (Lipinski definition) is 2. The van der Waals surface area contributed by atoms with Crippen molar-refractivity contribution >= 4 is 38.3 Å². The van der Waals surface area contributed by atoms with E-state index in [-0.39, 0.29) is 5.91 Å². The van der Waals surface area contributed by atoms with Gasteiger partial charge in [-0.05, 0) is 42.0 Å². The van der Waals surface area contributed by atoms with Gasteiger partial charge in [-0.2, -0.15) is 0 Å². The van der Waals surface area contributed by atoms with Crippen LogP contribution in [0.3, 0.4) is 0 Å². The van der Waals surface area contributed by atoms with Crippen molar-refractivity contribution in [3.05, 3.63) is 70.7 Å². The smallest absolute Gasteiger partial charge is 0.259 e. The van der Waals surface area contributed by atoms with Crippen molar-refractivity contribution in [1.29, 1.82) is 0 Å². The molecule has 0 bridgehead atoms. The van der Waals surface area contributed by atoms with Gasteiger partial charge >= 0.3 is 0 Å². The van der Waals surface area contributed by atoms with E-state index in [4.69, 9.17) is 4.74 Å². The fourth-order valence-corrected chi connectivity index (χ4v) is 3.10. The van der Waals surface area contributed by atoms with Gasteiger partial charge in [0, 0.05) is 15.5 Å². The Morgan fingerprint density at radius 3 is 2.65 bits per heavy atom. The van der Waals surface area contributed by atoms with Gasteiger partial charge < -0.3 is 10.1 Å². The first-order chi connectivity index (χ1) is 12.5. The van der Waals surface area contributed by atoms with E-state index in [1.165, 1.54) is 0 Å². The molecule has 0 saturated heterocycles. The second-order valence-electron chi connectivity index (χ2n) is 6.65. The van der Waals surface area contributed by atoms with Crippen LogP contribution < -0.4 is 10.1 Å². The molecule has 1 N–H and O–H groups in total. The van der Waals surface area contributed by atoms with Gasteiger partial charge in [-0.3, -0.25) is 4.79 Å². The van der Waals surface area contributed by atoms with E-state index < -0.39 is 0 Å². The standard InChI is InChI=1S/C22H22BrNO2/c1-15(2)12-13-26-21-11-10-17(23)14-19(21)22(25)24-20-9-5-7-16-6-3-4-8-18(16)20/h3-11,14-15H,12-13H2,1-2H3,(H,24,25). The van der Waals surface area contributed by atoms with Crippen molar-refractivity contribution in [2.24, 2.45) is 5.92 Å².